The number of nitrogens with zero attached hydrogens (tertiary/aromatic N) is 5. The van der Waals surface area contributed by atoms with E-state index in [4.69, 9.17) is 23.2 Å². The highest BCUT2D eigenvalue weighted by Gasteiger charge is 2.37. The number of benzene rings is 12. The highest BCUT2D eigenvalue weighted by molar-refractivity contribution is 7.93. The molecular formula is C107H87Cl2F10N9O18S4. The van der Waals surface area contributed by atoms with E-state index in [1.165, 1.54) is 164 Å². The van der Waals surface area contributed by atoms with E-state index in [9.17, 15) is 122 Å². The zero-order chi connectivity index (χ0) is 110. The molecule has 16 rings (SSSR count). The van der Waals surface area contributed by atoms with E-state index in [1.807, 2.05) is 47.6 Å². The standard InChI is InChI=1S/C27H21ClF4N2O5S.C27H22F4N2O5S.C27H22FN3O4S.C26H22ClFN2O4S/c1-26(2,3)18-9-6-14(13-19(18)29)40(37,38)34-20-10-11-21(39-27(30,31)32)23(28)22(20)15-7-8-17(25(35)36)24-16(15)5-4-12-33-24;1-26(2,3)21-10-7-16(14-22(21)28)39(36,37)33-23-11-6-15(38-27(29,30)31)13-20(23)17-8-9-19(25(34)35)24-18(17)5-4-12-32-24;1-27(2,3)22-10-7-17(14-23(22)28)36(34,35)31-24-11-6-16(15-29)13-21(24)18-8-9-20(26(32)33)25-19(18)5-4-12-30-25;1-26(2,3)21-10-7-16(14-22(21)28)35(33,34)30-23-11-6-15(27)13-20(23)17-8-9-19(25(31)32)24-18(17)5-4-12-29-24/h4-13,34H,1-3H3,(H,35,36);4-14,33H,1-3H3,(H,34,35);4-14,31H,1-3H3,(H,32,33);4-14,30H,1-3H3,(H,31,32). The molecular weight excluding hydrogens is 2090 g/mol. The smallest absolute Gasteiger partial charge is 0.478 e. The summed E-state index contributed by atoms with van der Waals surface area (Å²) in [6, 6.07) is 53.7. The lowest BCUT2D eigenvalue weighted by atomic mass is 9.87. The Morgan fingerprint density at radius 3 is 0.907 bits per heavy atom. The number of aromatic nitrogens is 4. The first-order valence-electron chi connectivity index (χ1n) is 44.5. The van der Waals surface area contributed by atoms with Crippen LogP contribution >= 0.6 is 23.2 Å². The molecule has 0 saturated heterocycles. The number of rotatable bonds is 22. The lowest BCUT2D eigenvalue weighted by Gasteiger charge is -2.21. The van der Waals surface area contributed by atoms with Crippen molar-refractivity contribution >= 4 is 154 Å². The van der Waals surface area contributed by atoms with Gasteiger partial charge in [0.05, 0.1) is 103 Å². The summed E-state index contributed by atoms with van der Waals surface area (Å²) in [5.41, 5.74) is 1.26. The predicted molar refractivity (Wildman–Crippen MR) is 548 cm³/mol. The molecule has 0 aliphatic rings. The minimum absolute atomic E-state index is 0.0117. The van der Waals surface area contributed by atoms with E-state index in [2.05, 4.69) is 48.3 Å². The number of fused-ring (bicyclic) bond motifs is 4. The minimum atomic E-state index is -5.12. The number of sulfonamides is 4. The first-order chi connectivity index (χ1) is 69.9. The van der Waals surface area contributed by atoms with Gasteiger partial charge in [0.1, 0.15) is 34.8 Å². The number of ether oxygens (including phenoxy) is 2. The van der Waals surface area contributed by atoms with Crippen LogP contribution in [-0.4, -0.2) is 111 Å². The van der Waals surface area contributed by atoms with Crippen LogP contribution in [0.3, 0.4) is 0 Å². The molecule has 776 valence electrons. The average molecular weight is 2180 g/mol. The lowest BCUT2D eigenvalue weighted by Crippen LogP contribution is -2.19. The molecule has 12 aromatic carbocycles. The van der Waals surface area contributed by atoms with Gasteiger partial charge in [-0.05, 0) is 230 Å². The number of hydrogen-bond acceptors (Lipinski definition) is 19. The maximum atomic E-state index is 14.8. The van der Waals surface area contributed by atoms with E-state index < -0.39 is 148 Å². The Labute approximate surface area is 862 Å². The van der Waals surface area contributed by atoms with Crippen LogP contribution in [0.5, 0.6) is 11.5 Å². The van der Waals surface area contributed by atoms with Crippen molar-refractivity contribution in [2.45, 2.75) is 137 Å². The van der Waals surface area contributed by atoms with Gasteiger partial charge in [-0.2, -0.15) is 5.26 Å². The second-order valence-electron chi connectivity index (χ2n) is 37.6. The van der Waals surface area contributed by atoms with Crippen molar-refractivity contribution in [3.05, 3.63) is 345 Å². The molecule has 0 saturated carbocycles. The van der Waals surface area contributed by atoms with Gasteiger partial charge in [-0.3, -0.25) is 38.8 Å². The molecule has 0 amide bonds. The van der Waals surface area contributed by atoms with Crippen molar-refractivity contribution in [2.75, 3.05) is 18.9 Å². The fourth-order valence-corrected chi connectivity index (χ4v) is 20.9. The Kier molecular flexibility index (Phi) is 31.7. The number of alkyl halides is 6. The summed E-state index contributed by atoms with van der Waals surface area (Å²) in [5.74, 6) is -9.08. The van der Waals surface area contributed by atoms with Crippen LogP contribution < -0.4 is 28.4 Å². The number of halogens is 12. The number of anilines is 4. The number of aromatic carboxylic acids is 4. The number of hydrogen-bond donors (Lipinski definition) is 8. The van der Waals surface area contributed by atoms with Crippen LogP contribution in [0.4, 0.5) is 66.7 Å². The Balaban J connectivity index is 0.000000167. The first-order valence-corrected chi connectivity index (χ1v) is 51.1. The summed E-state index contributed by atoms with van der Waals surface area (Å²) in [6.45, 7) is 21.6. The fraction of sp³-hybridized carbons (Fsp3) is 0.168. The van der Waals surface area contributed by atoms with E-state index in [1.54, 1.807) is 84.0 Å². The molecule has 0 fully saturated rings. The highest BCUT2D eigenvalue weighted by atomic mass is 35.5. The predicted octanol–water partition coefficient (Wildman–Crippen LogP) is 26.3. The number of carboxylic acids is 4. The van der Waals surface area contributed by atoms with Crippen LogP contribution in [0.2, 0.25) is 10.0 Å². The quantitative estimate of drug-likeness (QED) is 0.0292. The SMILES string of the molecule is CC(C)(C)c1ccc(S(=O)(=O)Nc2ccc(C#N)cc2-c2ccc(C(=O)O)c3ncccc23)cc1F.CC(C)(C)c1ccc(S(=O)(=O)Nc2ccc(Cl)cc2-c2ccc(C(=O)O)c3ncccc23)cc1F.CC(C)(C)c1ccc(S(=O)(=O)Nc2ccc(OC(F)(F)F)c(Cl)c2-c2ccc(C(=O)O)c3ncccc23)cc1F.CC(C)(C)c1ccc(S(=O)(=O)Nc2ccc(OC(F)(F)F)cc2-c2ccc(C(=O)O)c3ncccc23)cc1F. The van der Waals surface area contributed by atoms with Crippen molar-refractivity contribution in [2.24, 2.45) is 0 Å². The molecule has 4 aromatic heterocycles. The molecule has 0 unspecified atom stereocenters. The van der Waals surface area contributed by atoms with Crippen LogP contribution in [0.1, 0.15) is 152 Å². The third kappa shape index (κ3) is 25.2. The van der Waals surface area contributed by atoms with Crippen LogP contribution in [0.25, 0.3) is 88.1 Å². The van der Waals surface area contributed by atoms with Gasteiger partial charge in [-0.15, -0.1) is 26.3 Å². The van der Waals surface area contributed by atoms with Gasteiger partial charge in [0.25, 0.3) is 40.1 Å². The fourth-order valence-electron chi connectivity index (χ4n) is 16.1. The third-order valence-corrected chi connectivity index (χ3v) is 29.1. The van der Waals surface area contributed by atoms with Crippen molar-refractivity contribution < 1.29 is 127 Å². The zero-order valence-electron chi connectivity index (χ0n) is 80.7. The Hall–Kier alpha value is -15.9. The van der Waals surface area contributed by atoms with Gasteiger partial charge in [-0.25, -0.2) is 70.4 Å². The van der Waals surface area contributed by atoms with Gasteiger partial charge in [0, 0.05) is 73.6 Å². The number of nitriles is 1. The molecule has 16 aromatic rings. The van der Waals surface area contributed by atoms with Crippen LogP contribution in [-0.2, 0) is 61.8 Å². The lowest BCUT2D eigenvalue weighted by molar-refractivity contribution is -0.275. The second-order valence-corrected chi connectivity index (χ2v) is 45.2. The number of carboxylic acid groups (broad SMARTS) is 4. The molecule has 4 heterocycles. The molecule has 8 N–H and O–H groups in total. The highest BCUT2D eigenvalue weighted by Crippen LogP contribution is 2.49. The molecule has 0 atom stereocenters. The Bertz CT molecular complexity index is 8700. The summed E-state index contributed by atoms with van der Waals surface area (Å²) in [6.07, 6.45) is -4.53. The summed E-state index contributed by atoms with van der Waals surface area (Å²) in [7, 11) is -17.3. The van der Waals surface area contributed by atoms with E-state index in [-0.39, 0.29) is 121 Å². The molecule has 0 radical (unpaired) electrons. The molecule has 0 spiro atoms. The zero-order valence-corrected chi connectivity index (χ0v) is 85.5. The van der Waals surface area contributed by atoms with E-state index in [0.717, 1.165) is 54.6 Å². The normalized spacial score (nSPS) is 12.2. The maximum Gasteiger partial charge on any atom is 0.573 e. The average Bonchev–Trinajstić information content (AvgIpc) is 0.779. The molecule has 27 nitrogen and oxygen atoms in total. The molecule has 150 heavy (non-hydrogen) atoms. The van der Waals surface area contributed by atoms with Crippen LogP contribution in [0, 0.1) is 34.6 Å². The van der Waals surface area contributed by atoms with Crippen molar-refractivity contribution in [3.63, 3.8) is 0 Å². The Morgan fingerprint density at radius 1 is 0.327 bits per heavy atom. The summed E-state index contributed by atoms with van der Waals surface area (Å²) in [4.78, 5) is 62.0. The van der Waals surface area contributed by atoms with Gasteiger partial charge in [-0.1, -0.05) is 179 Å². The molecule has 0 aliphatic carbocycles. The monoisotopic (exact) mass is 2170 g/mol. The number of pyridine rings is 4. The van der Waals surface area contributed by atoms with Gasteiger partial charge in [0.15, 0.2) is 0 Å². The van der Waals surface area contributed by atoms with Crippen LogP contribution in [0.15, 0.2) is 281 Å². The van der Waals surface area contributed by atoms with Crippen molar-refractivity contribution in [1.82, 2.24) is 19.9 Å². The summed E-state index contributed by atoms with van der Waals surface area (Å²) < 4.78 is 261. The van der Waals surface area contributed by atoms with Crippen molar-refractivity contribution in [1.29, 1.82) is 5.26 Å². The van der Waals surface area contributed by atoms with E-state index in [0.29, 0.717) is 54.7 Å². The maximum absolute atomic E-state index is 14.8. The van der Waals surface area contributed by atoms with Gasteiger partial charge >= 0.3 is 36.6 Å². The molecule has 0 bridgehead atoms. The molecule has 43 heteroatoms. The number of carbonyl (C=O) groups is 4. The first kappa shape index (κ1) is 111. The van der Waals surface area contributed by atoms with Crippen molar-refractivity contribution in [3.8, 4) is 62.1 Å². The van der Waals surface area contributed by atoms with E-state index >= 15 is 0 Å². The third-order valence-electron chi connectivity index (χ3n) is 23.0. The topological polar surface area (TPSA) is 428 Å². The summed E-state index contributed by atoms with van der Waals surface area (Å²) in [5, 5.41) is 48.7. The Morgan fingerprint density at radius 2 is 0.607 bits per heavy atom. The minimum Gasteiger partial charge on any atom is -0.478 e. The summed E-state index contributed by atoms with van der Waals surface area (Å²) >= 11 is 12.6. The number of nitrogens with one attached hydrogen (secondary N) is 4. The largest absolute Gasteiger partial charge is 0.573 e. The second kappa shape index (κ2) is 42.8. The molecule has 0 aliphatic heterocycles. The van der Waals surface area contributed by atoms with Gasteiger partial charge in [0.2, 0.25) is 0 Å². The van der Waals surface area contributed by atoms with Gasteiger partial charge < -0.3 is 29.9 Å².